The van der Waals surface area contributed by atoms with Gasteiger partial charge in [0.05, 0.1) is 6.04 Å². The third-order valence-corrected chi connectivity index (χ3v) is 4.07. The SMILES string of the molecule is CCCNC(c1cc(C)ccc1Br)c1c(F)cccc1F. The first-order valence-corrected chi connectivity index (χ1v) is 7.77. The molecule has 0 radical (unpaired) electrons. The van der Waals surface area contributed by atoms with Gasteiger partial charge in [-0.2, -0.15) is 0 Å². The molecule has 2 rings (SSSR count). The Kier molecular flexibility index (Phi) is 5.48. The molecule has 21 heavy (non-hydrogen) atoms. The fourth-order valence-corrected chi connectivity index (χ4v) is 2.80. The van der Waals surface area contributed by atoms with Crippen molar-refractivity contribution in [3.63, 3.8) is 0 Å². The topological polar surface area (TPSA) is 12.0 Å². The van der Waals surface area contributed by atoms with Gasteiger partial charge in [0.15, 0.2) is 0 Å². The van der Waals surface area contributed by atoms with Gasteiger partial charge < -0.3 is 5.32 Å². The second-order valence-electron chi connectivity index (χ2n) is 5.05. The largest absolute Gasteiger partial charge is 0.306 e. The van der Waals surface area contributed by atoms with E-state index in [-0.39, 0.29) is 5.56 Å². The van der Waals surface area contributed by atoms with E-state index in [1.807, 2.05) is 32.0 Å². The lowest BCUT2D eigenvalue weighted by atomic mass is 9.96. The molecule has 1 nitrogen and oxygen atoms in total. The van der Waals surface area contributed by atoms with E-state index >= 15 is 0 Å². The molecular weight excluding hydrogens is 336 g/mol. The molecule has 0 bridgehead atoms. The smallest absolute Gasteiger partial charge is 0.131 e. The van der Waals surface area contributed by atoms with E-state index in [1.165, 1.54) is 18.2 Å². The molecule has 0 aliphatic carbocycles. The van der Waals surface area contributed by atoms with E-state index < -0.39 is 17.7 Å². The quantitative estimate of drug-likeness (QED) is 0.785. The van der Waals surface area contributed by atoms with Crippen molar-refractivity contribution in [2.75, 3.05) is 6.54 Å². The predicted octanol–water partition coefficient (Wildman–Crippen LogP) is 5.12. The lowest BCUT2D eigenvalue weighted by Crippen LogP contribution is -2.25. The predicted molar refractivity (Wildman–Crippen MR) is 85.4 cm³/mol. The molecule has 0 heterocycles. The first-order valence-electron chi connectivity index (χ1n) is 6.98. The van der Waals surface area contributed by atoms with Gasteiger partial charge in [0, 0.05) is 10.0 Å². The van der Waals surface area contributed by atoms with E-state index in [1.54, 1.807) is 0 Å². The zero-order chi connectivity index (χ0) is 15.4. The van der Waals surface area contributed by atoms with Crippen LogP contribution in [0.1, 0.15) is 36.1 Å². The number of rotatable bonds is 5. The van der Waals surface area contributed by atoms with Gasteiger partial charge in [-0.1, -0.05) is 46.6 Å². The molecule has 0 aliphatic rings. The Morgan fingerprint density at radius 3 is 2.43 bits per heavy atom. The first-order chi connectivity index (χ1) is 10.0. The average Bonchev–Trinajstić information content (AvgIpc) is 2.45. The molecule has 0 saturated carbocycles. The van der Waals surface area contributed by atoms with Crippen LogP contribution < -0.4 is 5.32 Å². The molecule has 2 aromatic rings. The summed E-state index contributed by atoms with van der Waals surface area (Å²) in [4.78, 5) is 0. The van der Waals surface area contributed by atoms with Crippen LogP contribution in [0, 0.1) is 18.6 Å². The lowest BCUT2D eigenvalue weighted by Gasteiger charge is -2.22. The van der Waals surface area contributed by atoms with Crippen LogP contribution in [-0.4, -0.2) is 6.54 Å². The van der Waals surface area contributed by atoms with E-state index in [0.717, 1.165) is 22.0 Å². The van der Waals surface area contributed by atoms with Crippen LogP contribution in [0.4, 0.5) is 8.78 Å². The zero-order valence-corrected chi connectivity index (χ0v) is 13.7. The van der Waals surface area contributed by atoms with Gasteiger partial charge in [-0.25, -0.2) is 8.78 Å². The minimum atomic E-state index is -0.531. The Bertz CT molecular complexity index is 608. The average molecular weight is 354 g/mol. The molecule has 0 aromatic heterocycles. The Morgan fingerprint density at radius 1 is 1.14 bits per heavy atom. The highest BCUT2D eigenvalue weighted by molar-refractivity contribution is 9.10. The highest BCUT2D eigenvalue weighted by atomic mass is 79.9. The van der Waals surface area contributed by atoms with Gasteiger partial charge in [0.2, 0.25) is 0 Å². The van der Waals surface area contributed by atoms with Crippen LogP contribution in [0.5, 0.6) is 0 Å². The third-order valence-electron chi connectivity index (χ3n) is 3.35. The standard InChI is InChI=1S/C17H18BrF2N/c1-3-9-21-17(12-10-11(2)7-8-13(12)18)16-14(19)5-4-6-15(16)20/h4-8,10,17,21H,3,9H2,1-2H3. The van der Waals surface area contributed by atoms with Crippen molar-refractivity contribution in [1.29, 1.82) is 0 Å². The fourth-order valence-electron chi connectivity index (χ4n) is 2.33. The third kappa shape index (κ3) is 3.69. The number of hydrogen-bond donors (Lipinski definition) is 1. The summed E-state index contributed by atoms with van der Waals surface area (Å²) in [6.45, 7) is 4.66. The first kappa shape index (κ1) is 16.1. The number of benzene rings is 2. The molecule has 0 fully saturated rings. The van der Waals surface area contributed by atoms with E-state index in [4.69, 9.17) is 0 Å². The maximum Gasteiger partial charge on any atom is 0.131 e. The minimum Gasteiger partial charge on any atom is -0.306 e. The Balaban J connectivity index is 2.55. The van der Waals surface area contributed by atoms with Crippen molar-refractivity contribution in [3.8, 4) is 0 Å². The van der Waals surface area contributed by atoms with Crippen LogP contribution in [0.25, 0.3) is 0 Å². The van der Waals surface area contributed by atoms with Crippen LogP contribution in [0.3, 0.4) is 0 Å². The summed E-state index contributed by atoms with van der Waals surface area (Å²) in [6, 6.07) is 9.28. The Labute approximate surface area is 132 Å². The normalized spacial score (nSPS) is 12.4. The van der Waals surface area contributed by atoms with Crippen LogP contribution in [-0.2, 0) is 0 Å². The fraction of sp³-hybridized carbons (Fsp3) is 0.294. The van der Waals surface area contributed by atoms with Gasteiger partial charge in [-0.05, 0) is 43.7 Å². The van der Waals surface area contributed by atoms with Gasteiger partial charge in [-0.3, -0.25) is 0 Å². The number of halogens is 3. The number of nitrogens with one attached hydrogen (secondary N) is 1. The van der Waals surface area contributed by atoms with Crippen molar-refractivity contribution in [1.82, 2.24) is 5.32 Å². The molecule has 1 atom stereocenters. The maximum absolute atomic E-state index is 14.2. The molecule has 0 spiro atoms. The van der Waals surface area contributed by atoms with Crippen molar-refractivity contribution >= 4 is 15.9 Å². The van der Waals surface area contributed by atoms with Crippen molar-refractivity contribution in [2.45, 2.75) is 26.3 Å². The van der Waals surface area contributed by atoms with Crippen molar-refractivity contribution in [3.05, 3.63) is 69.2 Å². The molecule has 1 unspecified atom stereocenters. The summed E-state index contributed by atoms with van der Waals surface area (Å²) in [5.74, 6) is -1.06. The Morgan fingerprint density at radius 2 is 1.81 bits per heavy atom. The minimum absolute atomic E-state index is 0.0669. The second-order valence-corrected chi connectivity index (χ2v) is 5.90. The van der Waals surface area contributed by atoms with Crippen LogP contribution >= 0.6 is 15.9 Å². The molecule has 4 heteroatoms. The molecule has 112 valence electrons. The molecule has 1 N–H and O–H groups in total. The molecular formula is C17H18BrF2N. The molecule has 0 amide bonds. The molecule has 2 aromatic carbocycles. The summed E-state index contributed by atoms with van der Waals surface area (Å²) in [7, 11) is 0. The van der Waals surface area contributed by atoms with Gasteiger partial charge in [0.1, 0.15) is 11.6 Å². The monoisotopic (exact) mass is 353 g/mol. The summed E-state index contributed by atoms with van der Waals surface area (Å²) < 4.78 is 29.1. The summed E-state index contributed by atoms with van der Waals surface area (Å²) >= 11 is 3.48. The second kappa shape index (κ2) is 7.14. The zero-order valence-electron chi connectivity index (χ0n) is 12.1. The maximum atomic E-state index is 14.2. The van der Waals surface area contributed by atoms with Crippen molar-refractivity contribution < 1.29 is 8.78 Å². The Hall–Kier alpha value is -1.26. The van der Waals surface area contributed by atoms with Gasteiger partial charge >= 0.3 is 0 Å². The molecule has 0 saturated heterocycles. The van der Waals surface area contributed by atoms with Crippen LogP contribution in [0.2, 0.25) is 0 Å². The summed E-state index contributed by atoms with van der Waals surface area (Å²) in [5, 5.41) is 3.24. The summed E-state index contributed by atoms with van der Waals surface area (Å²) in [6.07, 6.45) is 0.885. The molecule has 0 aliphatic heterocycles. The van der Waals surface area contributed by atoms with E-state index in [0.29, 0.717) is 6.54 Å². The highest BCUT2D eigenvalue weighted by Crippen LogP contribution is 2.32. The number of hydrogen-bond acceptors (Lipinski definition) is 1. The van der Waals surface area contributed by atoms with Gasteiger partial charge in [-0.15, -0.1) is 0 Å². The van der Waals surface area contributed by atoms with E-state index in [2.05, 4.69) is 21.2 Å². The van der Waals surface area contributed by atoms with Gasteiger partial charge in [0.25, 0.3) is 0 Å². The number of aryl methyl sites for hydroxylation is 1. The van der Waals surface area contributed by atoms with Crippen molar-refractivity contribution in [2.24, 2.45) is 0 Å². The highest BCUT2D eigenvalue weighted by Gasteiger charge is 2.23. The lowest BCUT2D eigenvalue weighted by molar-refractivity contribution is 0.502. The van der Waals surface area contributed by atoms with Crippen LogP contribution in [0.15, 0.2) is 40.9 Å². The summed E-state index contributed by atoms with van der Waals surface area (Å²) in [5.41, 5.74) is 1.96. The van der Waals surface area contributed by atoms with E-state index in [9.17, 15) is 8.78 Å².